The summed E-state index contributed by atoms with van der Waals surface area (Å²) >= 11 is 0. The molecule has 0 fully saturated rings. The van der Waals surface area contributed by atoms with Gasteiger partial charge in [-0.05, 0) is 31.3 Å². The van der Waals surface area contributed by atoms with E-state index in [9.17, 15) is 9.50 Å². The third kappa shape index (κ3) is 3.30. The van der Waals surface area contributed by atoms with Crippen LogP contribution in [0.1, 0.15) is 11.1 Å². The number of hydrogen-bond acceptors (Lipinski definition) is 3. The van der Waals surface area contributed by atoms with Crippen LogP contribution < -0.4 is 10.1 Å². The number of aliphatic hydroxyl groups is 1. The molecule has 4 heteroatoms. The van der Waals surface area contributed by atoms with Crippen LogP contribution >= 0.6 is 0 Å². The molecule has 0 heterocycles. The van der Waals surface area contributed by atoms with Crippen molar-refractivity contribution in [3.05, 3.63) is 59.4 Å². The van der Waals surface area contributed by atoms with Gasteiger partial charge in [-0.2, -0.15) is 0 Å². The van der Waals surface area contributed by atoms with Crippen LogP contribution in [0.5, 0.6) is 11.5 Å². The van der Waals surface area contributed by atoms with Gasteiger partial charge in [0, 0.05) is 17.7 Å². The molecule has 2 rings (SSSR count). The van der Waals surface area contributed by atoms with E-state index in [0.29, 0.717) is 23.6 Å². The average Bonchev–Trinajstić information content (AvgIpc) is 2.43. The summed E-state index contributed by atoms with van der Waals surface area (Å²) in [6.45, 7) is 0.410. The van der Waals surface area contributed by atoms with Gasteiger partial charge in [-0.25, -0.2) is 4.39 Å². The van der Waals surface area contributed by atoms with Crippen molar-refractivity contribution < 1.29 is 14.2 Å². The fourth-order valence-corrected chi connectivity index (χ4v) is 1.83. The van der Waals surface area contributed by atoms with E-state index in [2.05, 4.69) is 5.32 Å². The molecule has 2 aromatic rings. The van der Waals surface area contributed by atoms with E-state index < -0.39 is 0 Å². The number of rotatable bonds is 5. The van der Waals surface area contributed by atoms with E-state index in [4.69, 9.17) is 4.74 Å². The Morgan fingerprint density at radius 3 is 2.58 bits per heavy atom. The van der Waals surface area contributed by atoms with E-state index in [1.54, 1.807) is 25.2 Å². The number of benzene rings is 2. The van der Waals surface area contributed by atoms with Crippen LogP contribution in [0.2, 0.25) is 0 Å². The number of para-hydroxylation sites is 1. The molecular formula is C15H16FNO2. The zero-order valence-electron chi connectivity index (χ0n) is 10.7. The maximum absolute atomic E-state index is 13.2. The number of aliphatic hydroxyl groups excluding tert-OH is 1. The van der Waals surface area contributed by atoms with Crippen LogP contribution in [-0.2, 0) is 13.2 Å². The third-order valence-electron chi connectivity index (χ3n) is 2.75. The van der Waals surface area contributed by atoms with Crippen molar-refractivity contribution in [3.8, 4) is 11.5 Å². The highest BCUT2D eigenvalue weighted by Gasteiger charge is 2.08. The molecule has 2 aromatic carbocycles. The Balaban J connectivity index is 2.32. The van der Waals surface area contributed by atoms with Crippen LogP contribution in [0.25, 0.3) is 0 Å². The van der Waals surface area contributed by atoms with E-state index >= 15 is 0 Å². The SMILES string of the molecule is CNCc1cc(F)ccc1Oc1ccccc1CO. The van der Waals surface area contributed by atoms with Crippen LogP contribution in [-0.4, -0.2) is 12.2 Å². The molecule has 0 saturated heterocycles. The standard InChI is InChI=1S/C15H16FNO2/c1-17-9-12-8-13(16)6-7-15(12)19-14-5-3-2-4-11(14)10-18/h2-8,17-18H,9-10H2,1H3. The number of halogens is 1. The minimum atomic E-state index is -0.298. The van der Waals surface area contributed by atoms with Gasteiger partial charge in [0.2, 0.25) is 0 Å². The molecule has 0 aromatic heterocycles. The van der Waals surface area contributed by atoms with Gasteiger partial charge < -0.3 is 15.2 Å². The minimum absolute atomic E-state index is 0.0985. The Morgan fingerprint density at radius 2 is 1.84 bits per heavy atom. The van der Waals surface area contributed by atoms with Gasteiger partial charge in [0.1, 0.15) is 17.3 Å². The molecule has 0 unspecified atom stereocenters. The third-order valence-corrected chi connectivity index (χ3v) is 2.75. The maximum Gasteiger partial charge on any atom is 0.132 e. The molecule has 3 nitrogen and oxygen atoms in total. The normalized spacial score (nSPS) is 10.5. The second kappa shape index (κ2) is 6.31. The molecule has 19 heavy (non-hydrogen) atoms. The van der Waals surface area contributed by atoms with Crippen LogP contribution in [0, 0.1) is 5.82 Å². The lowest BCUT2D eigenvalue weighted by molar-refractivity contribution is 0.276. The molecule has 0 aliphatic heterocycles. The lowest BCUT2D eigenvalue weighted by Gasteiger charge is -2.13. The summed E-state index contributed by atoms with van der Waals surface area (Å²) in [6.07, 6.45) is 0. The molecule has 0 amide bonds. The van der Waals surface area contributed by atoms with Crippen molar-refractivity contribution in [1.29, 1.82) is 0 Å². The van der Waals surface area contributed by atoms with Gasteiger partial charge in [0.25, 0.3) is 0 Å². The van der Waals surface area contributed by atoms with Gasteiger partial charge in [-0.1, -0.05) is 18.2 Å². The fraction of sp³-hybridized carbons (Fsp3) is 0.200. The topological polar surface area (TPSA) is 41.5 Å². The summed E-state index contributed by atoms with van der Waals surface area (Å²) in [7, 11) is 1.79. The predicted molar refractivity (Wildman–Crippen MR) is 71.6 cm³/mol. The summed E-state index contributed by atoms with van der Waals surface area (Å²) in [5, 5.41) is 12.2. The van der Waals surface area contributed by atoms with Crippen molar-refractivity contribution >= 4 is 0 Å². The molecule has 0 aliphatic carbocycles. The highest BCUT2D eigenvalue weighted by molar-refractivity contribution is 5.41. The first-order valence-electron chi connectivity index (χ1n) is 6.04. The second-order valence-electron chi connectivity index (χ2n) is 4.15. The molecule has 100 valence electrons. The number of ether oxygens (including phenoxy) is 1. The molecule has 0 bridgehead atoms. The monoisotopic (exact) mass is 261 g/mol. The first kappa shape index (κ1) is 13.5. The smallest absolute Gasteiger partial charge is 0.132 e. The van der Waals surface area contributed by atoms with Gasteiger partial charge in [0.15, 0.2) is 0 Å². The average molecular weight is 261 g/mol. The Hall–Kier alpha value is -1.91. The van der Waals surface area contributed by atoms with Gasteiger partial charge in [0.05, 0.1) is 6.61 Å². The Bertz CT molecular complexity index is 558. The maximum atomic E-state index is 13.2. The molecule has 2 N–H and O–H groups in total. The van der Waals surface area contributed by atoms with E-state index in [0.717, 1.165) is 5.56 Å². The summed E-state index contributed by atoms with van der Waals surface area (Å²) in [5.41, 5.74) is 1.43. The lowest BCUT2D eigenvalue weighted by atomic mass is 10.1. The highest BCUT2D eigenvalue weighted by atomic mass is 19.1. The van der Waals surface area contributed by atoms with Gasteiger partial charge in [-0.3, -0.25) is 0 Å². The quantitative estimate of drug-likeness (QED) is 0.869. The van der Waals surface area contributed by atoms with Crippen molar-refractivity contribution in [2.45, 2.75) is 13.2 Å². The molecule has 0 saturated carbocycles. The number of hydrogen-bond donors (Lipinski definition) is 2. The zero-order valence-corrected chi connectivity index (χ0v) is 10.7. The predicted octanol–water partition coefficient (Wildman–Crippen LogP) is 2.83. The highest BCUT2D eigenvalue weighted by Crippen LogP contribution is 2.28. The van der Waals surface area contributed by atoms with Crippen molar-refractivity contribution in [1.82, 2.24) is 5.32 Å². The summed E-state index contributed by atoms with van der Waals surface area (Å²) in [5.74, 6) is 0.860. The lowest BCUT2D eigenvalue weighted by Crippen LogP contribution is -2.07. The minimum Gasteiger partial charge on any atom is -0.457 e. The van der Waals surface area contributed by atoms with E-state index in [1.807, 2.05) is 12.1 Å². The van der Waals surface area contributed by atoms with Crippen LogP contribution in [0.3, 0.4) is 0 Å². The molecular weight excluding hydrogens is 245 g/mol. The summed E-state index contributed by atoms with van der Waals surface area (Å²) in [6, 6.07) is 11.6. The second-order valence-corrected chi connectivity index (χ2v) is 4.15. The van der Waals surface area contributed by atoms with Gasteiger partial charge in [-0.15, -0.1) is 0 Å². The Labute approximate surface area is 111 Å². The zero-order chi connectivity index (χ0) is 13.7. The van der Waals surface area contributed by atoms with Crippen LogP contribution in [0.4, 0.5) is 4.39 Å². The largest absolute Gasteiger partial charge is 0.457 e. The van der Waals surface area contributed by atoms with Crippen LogP contribution in [0.15, 0.2) is 42.5 Å². The van der Waals surface area contributed by atoms with Gasteiger partial charge >= 0.3 is 0 Å². The fourth-order valence-electron chi connectivity index (χ4n) is 1.83. The van der Waals surface area contributed by atoms with E-state index in [1.165, 1.54) is 12.1 Å². The molecule has 0 spiro atoms. The first-order chi connectivity index (χ1) is 9.24. The van der Waals surface area contributed by atoms with Crippen molar-refractivity contribution in [2.75, 3.05) is 7.05 Å². The van der Waals surface area contributed by atoms with Crippen molar-refractivity contribution in [3.63, 3.8) is 0 Å². The first-order valence-corrected chi connectivity index (χ1v) is 6.04. The summed E-state index contributed by atoms with van der Waals surface area (Å²) in [4.78, 5) is 0. The van der Waals surface area contributed by atoms with Crippen molar-refractivity contribution in [2.24, 2.45) is 0 Å². The van der Waals surface area contributed by atoms with E-state index in [-0.39, 0.29) is 12.4 Å². The number of nitrogens with one attached hydrogen (secondary N) is 1. The molecule has 0 radical (unpaired) electrons. The molecule has 0 atom stereocenters. The Kier molecular flexibility index (Phi) is 4.49. The molecule has 0 aliphatic rings. The Morgan fingerprint density at radius 1 is 1.11 bits per heavy atom. The summed E-state index contributed by atoms with van der Waals surface area (Å²) < 4.78 is 19.0.